The standard InChI is InChI=1S/C19H26N4O2/c1-4-13-25-19-9-11-20-17(22-19)14-18(24)21-16-7-5-15(6-8-16)10-12-23(2)3/h5-9,11H,4,10,12-14H2,1-3H3,(H,21,24). The molecule has 1 aromatic carbocycles. The first-order chi connectivity index (χ1) is 12.1. The monoisotopic (exact) mass is 342 g/mol. The van der Waals surface area contributed by atoms with Crippen LogP contribution in [0.2, 0.25) is 0 Å². The molecule has 0 bridgehead atoms. The second kappa shape index (κ2) is 9.74. The molecule has 0 unspecified atom stereocenters. The maximum absolute atomic E-state index is 12.2. The highest BCUT2D eigenvalue weighted by Crippen LogP contribution is 2.11. The summed E-state index contributed by atoms with van der Waals surface area (Å²) in [5.74, 6) is 0.812. The zero-order valence-corrected chi connectivity index (χ0v) is 15.2. The lowest BCUT2D eigenvalue weighted by molar-refractivity contribution is -0.115. The van der Waals surface area contributed by atoms with E-state index >= 15 is 0 Å². The van der Waals surface area contributed by atoms with Gasteiger partial charge < -0.3 is 15.0 Å². The molecule has 0 saturated carbocycles. The Hall–Kier alpha value is -2.47. The van der Waals surface area contributed by atoms with Crippen molar-refractivity contribution in [3.8, 4) is 5.88 Å². The fourth-order valence-electron chi connectivity index (χ4n) is 2.21. The summed E-state index contributed by atoms with van der Waals surface area (Å²) in [7, 11) is 4.11. The van der Waals surface area contributed by atoms with Crippen LogP contribution in [0.4, 0.5) is 5.69 Å². The lowest BCUT2D eigenvalue weighted by Gasteiger charge is -2.10. The number of nitrogens with zero attached hydrogens (tertiary/aromatic N) is 3. The molecule has 1 heterocycles. The Labute approximate surface area is 149 Å². The number of carbonyl (C=O) groups excluding carboxylic acids is 1. The van der Waals surface area contributed by atoms with Crippen molar-refractivity contribution >= 4 is 11.6 Å². The third-order valence-corrected chi connectivity index (χ3v) is 3.54. The quantitative estimate of drug-likeness (QED) is 0.758. The molecule has 0 fully saturated rings. The van der Waals surface area contributed by atoms with Gasteiger partial charge in [0.05, 0.1) is 13.0 Å². The highest BCUT2D eigenvalue weighted by molar-refractivity contribution is 5.91. The number of hydrogen-bond donors (Lipinski definition) is 1. The summed E-state index contributed by atoms with van der Waals surface area (Å²) in [5, 5.41) is 2.87. The summed E-state index contributed by atoms with van der Waals surface area (Å²) in [6.45, 7) is 3.63. The van der Waals surface area contributed by atoms with E-state index in [9.17, 15) is 4.79 Å². The molecular weight excluding hydrogens is 316 g/mol. The molecule has 6 nitrogen and oxygen atoms in total. The van der Waals surface area contributed by atoms with Crippen LogP contribution in [-0.2, 0) is 17.6 Å². The molecule has 0 aliphatic heterocycles. The zero-order valence-electron chi connectivity index (χ0n) is 15.2. The van der Waals surface area contributed by atoms with Crippen LogP contribution in [0.1, 0.15) is 24.7 Å². The zero-order chi connectivity index (χ0) is 18.1. The average Bonchev–Trinajstić information content (AvgIpc) is 2.59. The minimum absolute atomic E-state index is 0.117. The van der Waals surface area contributed by atoms with E-state index in [1.807, 2.05) is 31.2 Å². The number of likely N-dealkylation sites (N-methyl/N-ethyl adjacent to an activating group) is 1. The van der Waals surface area contributed by atoms with Crippen LogP contribution in [0.5, 0.6) is 5.88 Å². The van der Waals surface area contributed by atoms with Gasteiger partial charge in [-0.05, 0) is 44.6 Å². The fourth-order valence-corrected chi connectivity index (χ4v) is 2.21. The van der Waals surface area contributed by atoms with Gasteiger partial charge in [-0.3, -0.25) is 4.79 Å². The molecule has 1 amide bonds. The van der Waals surface area contributed by atoms with E-state index in [1.54, 1.807) is 12.3 Å². The van der Waals surface area contributed by atoms with E-state index in [4.69, 9.17) is 4.74 Å². The number of carbonyl (C=O) groups is 1. The Morgan fingerprint density at radius 1 is 1.20 bits per heavy atom. The Morgan fingerprint density at radius 3 is 2.64 bits per heavy atom. The summed E-state index contributed by atoms with van der Waals surface area (Å²) >= 11 is 0. The predicted octanol–water partition coefficient (Wildman–Crippen LogP) is 2.55. The Bertz CT molecular complexity index is 671. The largest absolute Gasteiger partial charge is 0.478 e. The molecule has 2 aromatic rings. The van der Waals surface area contributed by atoms with E-state index in [1.165, 1.54) is 5.56 Å². The van der Waals surface area contributed by atoms with Crippen LogP contribution in [0.15, 0.2) is 36.5 Å². The van der Waals surface area contributed by atoms with Crippen LogP contribution in [0.25, 0.3) is 0 Å². The number of amides is 1. The Balaban J connectivity index is 1.87. The first-order valence-corrected chi connectivity index (χ1v) is 8.55. The second-order valence-corrected chi connectivity index (χ2v) is 6.13. The number of benzene rings is 1. The number of hydrogen-bond acceptors (Lipinski definition) is 5. The minimum atomic E-state index is -0.145. The summed E-state index contributed by atoms with van der Waals surface area (Å²) in [5.41, 5.74) is 2.02. The normalized spacial score (nSPS) is 10.7. The molecule has 0 saturated heterocycles. The molecule has 2 rings (SSSR count). The van der Waals surface area contributed by atoms with Crippen molar-refractivity contribution in [2.75, 3.05) is 32.6 Å². The molecular formula is C19H26N4O2. The summed E-state index contributed by atoms with van der Waals surface area (Å²) < 4.78 is 5.46. The highest BCUT2D eigenvalue weighted by atomic mass is 16.5. The molecule has 25 heavy (non-hydrogen) atoms. The summed E-state index contributed by atoms with van der Waals surface area (Å²) in [6.07, 6.45) is 3.62. The van der Waals surface area contributed by atoms with Crippen molar-refractivity contribution in [2.24, 2.45) is 0 Å². The molecule has 1 aromatic heterocycles. The van der Waals surface area contributed by atoms with Crippen LogP contribution in [0, 0.1) is 0 Å². The molecule has 6 heteroatoms. The topological polar surface area (TPSA) is 67.3 Å². The van der Waals surface area contributed by atoms with Crippen molar-refractivity contribution in [1.82, 2.24) is 14.9 Å². The van der Waals surface area contributed by atoms with Gasteiger partial charge in [0.15, 0.2) is 0 Å². The lowest BCUT2D eigenvalue weighted by Crippen LogP contribution is -2.17. The van der Waals surface area contributed by atoms with Crippen LogP contribution < -0.4 is 10.1 Å². The van der Waals surface area contributed by atoms with Gasteiger partial charge in [0.25, 0.3) is 0 Å². The van der Waals surface area contributed by atoms with Crippen molar-refractivity contribution in [2.45, 2.75) is 26.2 Å². The lowest BCUT2D eigenvalue weighted by atomic mass is 10.1. The molecule has 1 N–H and O–H groups in total. The molecule has 134 valence electrons. The number of ether oxygens (including phenoxy) is 1. The molecule has 0 spiro atoms. The third kappa shape index (κ3) is 6.89. The number of rotatable bonds is 9. The Morgan fingerprint density at radius 2 is 1.96 bits per heavy atom. The van der Waals surface area contributed by atoms with E-state index in [-0.39, 0.29) is 12.3 Å². The highest BCUT2D eigenvalue weighted by Gasteiger charge is 2.08. The number of nitrogens with one attached hydrogen (secondary N) is 1. The van der Waals surface area contributed by atoms with Gasteiger partial charge in [-0.2, -0.15) is 4.98 Å². The van der Waals surface area contributed by atoms with E-state index < -0.39 is 0 Å². The minimum Gasteiger partial charge on any atom is -0.478 e. The van der Waals surface area contributed by atoms with Crippen LogP contribution >= 0.6 is 0 Å². The number of aromatic nitrogens is 2. The molecule has 0 radical (unpaired) electrons. The Kier molecular flexibility index (Phi) is 7.35. The van der Waals surface area contributed by atoms with Crippen LogP contribution in [0.3, 0.4) is 0 Å². The number of anilines is 1. The summed E-state index contributed by atoms with van der Waals surface area (Å²) in [6, 6.07) is 9.61. The van der Waals surface area contributed by atoms with E-state index in [2.05, 4.69) is 34.3 Å². The van der Waals surface area contributed by atoms with Gasteiger partial charge in [0.1, 0.15) is 5.82 Å². The molecule has 0 aliphatic carbocycles. The van der Waals surface area contributed by atoms with Gasteiger partial charge in [-0.25, -0.2) is 4.98 Å². The molecule has 0 aliphatic rings. The average molecular weight is 342 g/mol. The maximum atomic E-state index is 12.2. The third-order valence-electron chi connectivity index (χ3n) is 3.54. The fraction of sp³-hybridized carbons (Fsp3) is 0.421. The first-order valence-electron chi connectivity index (χ1n) is 8.55. The maximum Gasteiger partial charge on any atom is 0.232 e. The smallest absolute Gasteiger partial charge is 0.232 e. The summed E-state index contributed by atoms with van der Waals surface area (Å²) in [4.78, 5) is 22.7. The first kappa shape index (κ1) is 18.9. The van der Waals surface area contributed by atoms with Crippen molar-refractivity contribution in [3.63, 3.8) is 0 Å². The van der Waals surface area contributed by atoms with E-state index in [0.29, 0.717) is 18.3 Å². The molecule has 0 atom stereocenters. The van der Waals surface area contributed by atoms with Gasteiger partial charge in [-0.1, -0.05) is 19.1 Å². The van der Waals surface area contributed by atoms with Gasteiger partial charge in [0.2, 0.25) is 11.8 Å². The van der Waals surface area contributed by atoms with Crippen LogP contribution in [-0.4, -0.2) is 48.0 Å². The van der Waals surface area contributed by atoms with Gasteiger partial charge >= 0.3 is 0 Å². The van der Waals surface area contributed by atoms with Crippen molar-refractivity contribution in [3.05, 3.63) is 47.9 Å². The predicted molar refractivity (Wildman–Crippen MR) is 98.9 cm³/mol. The SMILES string of the molecule is CCCOc1ccnc(CC(=O)Nc2ccc(CCN(C)C)cc2)n1. The second-order valence-electron chi connectivity index (χ2n) is 6.13. The van der Waals surface area contributed by atoms with Crippen molar-refractivity contribution < 1.29 is 9.53 Å². The van der Waals surface area contributed by atoms with Gasteiger partial charge in [-0.15, -0.1) is 0 Å². The van der Waals surface area contributed by atoms with E-state index in [0.717, 1.165) is 25.1 Å². The van der Waals surface area contributed by atoms with Crippen molar-refractivity contribution in [1.29, 1.82) is 0 Å². The van der Waals surface area contributed by atoms with Gasteiger partial charge in [0, 0.05) is 24.5 Å².